The van der Waals surface area contributed by atoms with Gasteiger partial charge in [0, 0.05) is 37.2 Å². The van der Waals surface area contributed by atoms with Crippen molar-refractivity contribution in [2.24, 2.45) is 0 Å². The van der Waals surface area contributed by atoms with E-state index >= 15 is 0 Å². The minimum Gasteiger partial charge on any atom is -0.314 e. The van der Waals surface area contributed by atoms with Crippen LogP contribution in [0.25, 0.3) is 0 Å². The number of hydrogen-bond donors (Lipinski definition) is 1. The maximum Gasteiger partial charge on any atom is 0.123 e. The Balaban J connectivity index is 2.29. The fourth-order valence-electron chi connectivity index (χ4n) is 2.53. The third-order valence-corrected chi connectivity index (χ3v) is 3.80. The SMILES string of the molecule is C=C(C)C[C@H](c1cc(F)ccc1Cl)N1CCNCC1. The summed E-state index contributed by atoms with van der Waals surface area (Å²) in [5.74, 6) is -0.235. The Morgan fingerprint density at radius 2 is 2.16 bits per heavy atom. The lowest BCUT2D eigenvalue weighted by molar-refractivity contribution is 0.172. The summed E-state index contributed by atoms with van der Waals surface area (Å²) >= 11 is 6.26. The normalized spacial score (nSPS) is 18.3. The van der Waals surface area contributed by atoms with Crippen molar-refractivity contribution in [1.82, 2.24) is 10.2 Å². The van der Waals surface area contributed by atoms with Gasteiger partial charge >= 0.3 is 0 Å². The molecule has 1 aliphatic heterocycles. The van der Waals surface area contributed by atoms with Gasteiger partial charge in [-0.15, -0.1) is 6.58 Å². The molecule has 0 aromatic heterocycles. The maximum absolute atomic E-state index is 13.5. The van der Waals surface area contributed by atoms with Gasteiger partial charge in [0.05, 0.1) is 0 Å². The highest BCUT2D eigenvalue weighted by atomic mass is 35.5. The summed E-state index contributed by atoms with van der Waals surface area (Å²) in [5, 5.41) is 3.96. The fourth-order valence-corrected chi connectivity index (χ4v) is 2.77. The lowest BCUT2D eigenvalue weighted by atomic mass is 9.97. The van der Waals surface area contributed by atoms with Crippen LogP contribution in [0, 0.1) is 5.82 Å². The Kier molecular flexibility index (Phi) is 4.97. The molecule has 1 fully saturated rings. The number of benzene rings is 1. The standard InChI is InChI=1S/C15H20ClFN2/c1-11(2)9-15(19-7-5-18-6-8-19)13-10-12(17)3-4-14(13)16/h3-4,10,15,18H,1,5-9H2,2H3/t15-/m1/s1. The lowest BCUT2D eigenvalue weighted by Gasteiger charge is -2.35. The van der Waals surface area contributed by atoms with Gasteiger partial charge in [0.25, 0.3) is 0 Å². The molecule has 0 amide bonds. The summed E-state index contributed by atoms with van der Waals surface area (Å²) in [6, 6.07) is 4.71. The quantitative estimate of drug-likeness (QED) is 0.852. The van der Waals surface area contributed by atoms with Crippen LogP contribution in [-0.2, 0) is 0 Å². The van der Waals surface area contributed by atoms with Gasteiger partial charge in [-0.25, -0.2) is 4.39 Å². The number of hydrogen-bond acceptors (Lipinski definition) is 2. The second-order valence-corrected chi connectivity index (χ2v) is 5.54. The average Bonchev–Trinajstić information content (AvgIpc) is 2.40. The molecule has 1 N–H and O–H groups in total. The van der Waals surface area contributed by atoms with Gasteiger partial charge in [-0.2, -0.15) is 0 Å². The van der Waals surface area contributed by atoms with Crippen LogP contribution in [0.3, 0.4) is 0 Å². The number of nitrogens with one attached hydrogen (secondary N) is 1. The van der Waals surface area contributed by atoms with Gasteiger partial charge in [0.2, 0.25) is 0 Å². The van der Waals surface area contributed by atoms with Crippen LogP contribution >= 0.6 is 11.6 Å². The highest BCUT2D eigenvalue weighted by Crippen LogP contribution is 2.32. The molecule has 2 rings (SSSR count). The molecule has 0 bridgehead atoms. The van der Waals surface area contributed by atoms with Crippen LogP contribution in [0.15, 0.2) is 30.4 Å². The van der Waals surface area contributed by atoms with Gasteiger partial charge in [-0.05, 0) is 37.1 Å². The van der Waals surface area contributed by atoms with Crippen LogP contribution in [0.5, 0.6) is 0 Å². The zero-order valence-corrected chi connectivity index (χ0v) is 12.0. The first-order valence-electron chi connectivity index (χ1n) is 6.62. The average molecular weight is 283 g/mol. The summed E-state index contributed by atoms with van der Waals surface area (Å²) < 4.78 is 13.5. The smallest absolute Gasteiger partial charge is 0.123 e. The monoisotopic (exact) mass is 282 g/mol. The third-order valence-electron chi connectivity index (χ3n) is 3.45. The summed E-state index contributed by atoms with van der Waals surface area (Å²) in [6.45, 7) is 9.80. The van der Waals surface area contributed by atoms with Crippen molar-refractivity contribution in [3.63, 3.8) is 0 Å². The first kappa shape index (κ1) is 14.5. The van der Waals surface area contributed by atoms with E-state index in [1.54, 1.807) is 12.1 Å². The summed E-state index contributed by atoms with van der Waals surface area (Å²) in [5.41, 5.74) is 1.95. The fraction of sp³-hybridized carbons (Fsp3) is 0.467. The Labute approximate surface area is 119 Å². The zero-order chi connectivity index (χ0) is 13.8. The molecule has 4 heteroatoms. The molecule has 1 aromatic rings. The molecule has 0 radical (unpaired) electrons. The van der Waals surface area contributed by atoms with E-state index in [-0.39, 0.29) is 11.9 Å². The molecule has 1 aromatic carbocycles. The molecule has 1 atom stereocenters. The summed E-state index contributed by atoms with van der Waals surface area (Å²) in [7, 11) is 0. The molecule has 1 saturated heterocycles. The molecule has 104 valence electrons. The van der Waals surface area contributed by atoms with E-state index in [9.17, 15) is 4.39 Å². The Morgan fingerprint density at radius 3 is 2.79 bits per heavy atom. The van der Waals surface area contributed by atoms with Gasteiger partial charge in [0.15, 0.2) is 0 Å². The second-order valence-electron chi connectivity index (χ2n) is 5.13. The van der Waals surface area contributed by atoms with Crippen molar-refractivity contribution >= 4 is 11.6 Å². The van der Waals surface area contributed by atoms with Crippen LogP contribution in [0.4, 0.5) is 4.39 Å². The molecule has 1 aliphatic rings. The number of halogens is 2. The lowest BCUT2D eigenvalue weighted by Crippen LogP contribution is -2.45. The molecule has 1 heterocycles. The predicted octanol–water partition coefficient (Wildman–Crippen LogP) is 3.39. The van der Waals surface area contributed by atoms with E-state index in [0.717, 1.165) is 43.7 Å². The molecule has 0 unspecified atom stereocenters. The van der Waals surface area contributed by atoms with E-state index in [1.165, 1.54) is 6.07 Å². The van der Waals surface area contributed by atoms with E-state index in [1.807, 2.05) is 6.92 Å². The highest BCUT2D eigenvalue weighted by molar-refractivity contribution is 6.31. The minimum atomic E-state index is -0.235. The van der Waals surface area contributed by atoms with E-state index in [0.29, 0.717) is 5.02 Å². The number of rotatable bonds is 4. The van der Waals surface area contributed by atoms with Crippen molar-refractivity contribution in [2.45, 2.75) is 19.4 Å². The van der Waals surface area contributed by atoms with Crippen molar-refractivity contribution < 1.29 is 4.39 Å². The Hall–Kier alpha value is -0.900. The Bertz CT molecular complexity index is 455. The third kappa shape index (κ3) is 3.78. The first-order valence-corrected chi connectivity index (χ1v) is 7.00. The molecule has 2 nitrogen and oxygen atoms in total. The van der Waals surface area contributed by atoms with Gasteiger partial charge < -0.3 is 5.32 Å². The van der Waals surface area contributed by atoms with Crippen molar-refractivity contribution in [3.8, 4) is 0 Å². The van der Waals surface area contributed by atoms with E-state index in [4.69, 9.17) is 11.6 Å². The number of piperazine rings is 1. The van der Waals surface area contributed by atoms with Gasteiger partial charge in [0.1, 0.15) is 5.82 Å². The van der Waals surface area contributed by atoms with Crippen molar-refractivity contribution in [2.75, 3.05) is 26.2 Å². The van der Waals surface area contributed by atoms with Crippen LogP contribution < -0.4 is 5.32 Å². The molecule has 19 heavy (non-hydrogen) atoms. The zero-order valence-electron chi connectivity index (χ0n) is 11.3. The van der Waals surface area contributed by atoms with E-state index < -0.39 is 0 Å². The van der Waals surface area contributed by atoms with Crippen LogP contribution in [0.1, 0.15) is 24.9 Å². The van der Waals surface area contributed by atoms with Crippen molar-refractivity contribution in [1.29, 1.82) is 0 Å². The highest BCUT2D eigenvalue weighted by Gasteiger charge is 2.24. The minimum absolute atomic E-state index is 0.114. The Morgan fingerprint density at radius 1 is 1.47 bits per heavy atom. The van der Waals surface area contributed by atoms with E-state index in [2.05, 4.69) is 16.8 Å². The maximum atomic E-state index is 13.5. The molecular weight excluding hydrogens is 263 g/mol. The molecule has 0 spiro atoms. The summed E-state index contributed by atoms with van der Waals surface area (Å²) in [6.07, 6.45) is 0.809. The molecular formula is C15H20ClFN2. The van der Waals surface area contributed by atoms with Gasteiger partial charge in [-0.3, -0.25) is 4.90 Å². The van der Waals surface area contributed by atoms with Gasteiger partial charge in [-0.1, -0.05) is 17.2 Å². The van der Waals surface area contributed by atoms with Crippen LogP contribution in [0.2, 0.25) is 5.02 Å². The summed E-state index contributed by atoms with van der Waals surface area (Å²) in [4.78, 5) is 2.35. The topological polar surface area (TPSA) is 15.3 Å². The predicted molar refractivity (Wildman–Crippen MR) is 78.0 cm³/mol. The number of nitrogens with zero attached hydrogens (tertiary/aromatic N) is 1. The first-order chi connectivity index (χ1) is 9.08. The van der Waals surface area contributed by atoms with Crippen LogP contribution in [-0.4, -0.2) is 31.1 Å². The molecule has 0 aliphatic carbocycles. The molecule has 0 saturated carbocycles. The second kappa shape index (κ2) is 6.51. The largest absolute Gasteiger partial charge is 0.314 e. The van der Waals surface area contributed by atoms with Crippen molar-refractivity contribution in [3.05, 3.63) is 46.8 Å².